The first-order valence-electron chi connectivity index (χ1n) is 7.67. The van der Waals surface area contributed by atoms with Gasteiger partial charge in [0.2, 0.25) is 0 Å². The number of aromatic amines is 1. The first-order valence-corrected chi connectivity index (χ1v) is 7.67. The van der Waals surface area contributed by atoms with Gasteiger partial charge in [-0.1, -0.05) is 30.3 Å². The van der Waals surface area contributed by atoms with Gasteiger partial charge in [0.05, 0.1) is 5.56 Å². The summed E-state index contributed by atoms with van der Waals surface area (Å²) in [6, 6.07) is 13.7. The molecule has 23 heavy (non-hydrogen) atoms. The lowest BCUT2D eigenvalue weighted by Gasteiger charge is -2.08. The molecule has 1 aromatic heterocycles. The summed E-state index contributed by atoms with van der Waals surface area (Å²) in [4.78, 5) is 3.37. The molecule has 0 spiro atoms. The van der Waals surface area contributed by atoms with Crippen molar-refractivity contribution in [3.63, 3.8) is 0 Å². The van der Waals surface area contributed by atoms with Gasteiger partial charge in [-0.25, -0.2) is 0 Å². The Morgan fingerprint density at radius 1 is 0.913 bits per heavy atom. The van der Waals surface area contributed by atoms with Gasteiger partial charge in [0, 0.05) is 16.6 Å². The number of hydrogen-bond donors (Lipinski definition) is 1. The molecule has 4 heteroatoms. The molecule has 0 radical (unpaired) electrons. The molecular weight excluding hydrogens is 299 g/mol. The maximum absolute atomic E-state index is 12.5. The number of hydrogen-bond acceptors (Lipinski definition) is 0. The summed E-state index contributed by atoms with van der Waals surface area (Å²) in [5.74, 6) is 0. The molecular formula is C19H18F3N. The summed E-state index contributed by atoms with van der Waals surface area (Å²) in [6.07, 6.45) is -1.66. The minimum atomic E-state index is -4.26. The number of nitrogens with one attached hydrogen (secondary N) is 1. The molecule has 3 aromatic rings. The summed E-state index contributed by atoms with van der Waals surface area (Å²) in [5, 5.41) is 1.23. The largest absolute Gasteiger partial charge is 0.416 e. The summed E-state index contributed by atoms with van der Waals surface area (Å²) >= 11 is 0. The van der Waals surface area contributed by atoms with E-state index < -0.39 is 11.7 Å². The van der Waals surface area contributed by atoms with Gasteiger partial charge in [-0.15, -0.1) is 0 Å². The van der Waals surface area contributed by atoms with Gasteiger partial charge in [-0.3, -0.25) is 0 Å². The number of alkyl halides is 3. The number of halogens is 3. The lowest BCUT2D eigenvalue weighted by atomic mass is 10.0. The molecule has 0 saturated heterocycles. The average Bonchev–Trinajstić information content (AvgIpc) is 2.83. The zero-order valence-electron chi connectivity index (χ0n) is 12.9. The van der Waals surface area contributed by atoms with Crippen molar-refractivity contribution < 1.29 is 13.2 Å². The fourth-order valence-electron chi connectivity index (χ4n) is 2.99. The fourth-order valence-corrected chi connectivity index (χ4v) is 2.99. The molecule has 0 bridgehead atoms. The highest BCUT2D eigenvalue weighted by atomic mass is 19.4. The molecule has 2 aromatic carbocycles. The molecule has 0 fully saturated rings. The van der Waals surface area contributed by atoms with Gasteiger partial charge in [-0.05, 0) is 55.5 Å². The Kier molecular flexibility index (Phi) is 4.16. The number of aromatic nitrogens is 1. The summed E-state index contributed by atoms with van der Waals surface area (Å²) in [5.41, 5.74) is 3.95. The molecule has 0 atom stereocenters. The van der Waals surface area contributed by atoms with E-state index in [1.54, 1.807) is 12.1 Å². The van der Waals surface area contributed by atoms with Crippen molar-refractivity contribution in [1.82, 2.24) is 4.98 Å². The third-order valence-electron chi connectivity index (χ3n) is 4.20. The van der Waals surface area contributed by atoms with Crippen LogP contribution in [0.3, 0.4) is 0 Å². The highest BCUT2D eigenvalue weighted by molar-refractivity contribution is 5.84. The minimum absolute atomic E-state index is 0.589. The van der Waals surface area contributed by atoms with Gasteiger partial charge in [0.1, 0.15) is 0 Å². The van der Waals surface area contributed by atoms with Crippen molar-refractivity contribution in [2.24, 2.45) is 0 Å². The van der Waals surface area contributed by atoms with Crippen LogP contribution in [0.2, 0.25) is 0 Å². The van der Waals surface area contributed by atoms with Crippen LogP contribution in [0.15, 0.2) is 48.5 Å². The molecule has 3 rings (SSSR count). The molecule has 0 saturated carbocycles. The van der Waals surface area contributed by atoms with Crippen molar-refractivity contribution in [3.05, 3.63) is 70.9 Å². The smallest absolute Gasteiger partial charge is 0.358 e. The van der Waals surface area contributed by atoms with Gasteiger partial charge in [-0.2, -0.15) is 13.2 Å². The van der Waals surface area contributed by atoms with Gasteiger partial charge in [0.25, 0.3) is 0 Å². The minimum Gasteiger partial charge on any atom is -0.358 e. The van der Waals surface area contributed by atoms with Crippen molar-refractivity contribution in [2.75, 3.05) is 0 Å². The predicted molar refractivity (Wildman–Crippen MR) is 86.5 cm³/mol. The lowest BCUT2D eigenvalue weighted by molar-refractivity contribution is -0.137. The Hall–Kier alpha value is -2.23. The Morgan fingerprint density at radius 3 is 2.30 bits per heavy atom. The normalized spacial score (nSPS) is 12.0. The van der Waals surface area contributed by atoms with E-state index in [2.05, 4.69) is 24.0 Å². The molecule has 1 heterocycles. The lowest BCUT2D eigenvalue weighted by Crippen LogP contribution is -2.04. The maximum atomic E-state index is 12.5. The number of rotatable bonds is 4. The van der Waals surface area contributed by atoms with E-state index in [-0.39, 0.29) is 0 Å². The van der Waals surface area contributed by atoms with Crippen LogP contribution in [-0.2, 0) is 19.0 Å². The number of para-hydroxylation sites is 1. The quantitative estimate of drug-likeness (QED) is 0.638. The van der Waals surface area contributed by atoms with Crippen LogP contribution in [0.1, 0.15) is 28.8 Å². The fraction of sp³-hybridized carbons (Fsp3) is 0.263. The number of fused-ring (bicyclic) bond motifs is 1. The second-order valence-corrected chi connectivity index (χ2v) is 5.82. The highest BCUT2D eigenvalue weighted by Crippen LogP contribution is 2.29. The van der Waals surface area contributed by atoms with E-state index in [1.807, 2.05) is 12.1 Å². The number of benzene rings is 2. The van der Waals surface area contributed by atoms with Crippen LogP contribution in [-0.4, -0.2) is 4.98 Å². The van der Waals surface area contributed by atoms with Crippen LogP contribution < -0.4 is 0 Å². The van der Waals surface area contributed by atoms with Crippen LogP contribution in [0.5, 0.6) is 0 Å². The van der Waals surface area contributed by atoms with Crippen molar-refractivity contribution in [3.8, 4) is 0 Å². The number of H-pyrrole nitrogens is 1. The monoisotopic (exact) mass is 317 g/mol. The molecule has 0 aliphatic rings. The van der Waals surface area contributed by atoms with E-state index in [1.165, 1.54) is 16.6 Å². The van der Waals surface area contributed by atoms with Gasteiger partial charge < -0.3 is 4.98 Å². The topological polar surface area (TPSA) is 15.8 Å². The third-order valence-corrected chi connectivity index (χ3v) is 4.20. The Labute approximate surface area is 133 Å². The van der Waals surface area contributed by atoms with Crippen LogP contribution in [0, 0.1) is 6.92 Å². The van der Waals surface area contributed by atoms with Crippen LogP contribution in [0.25, 0.3) is 10.9 Å². The Balaban J connectivity index is 1.66. The zero-order chi connectivity index (χ0) is 16.4. The van der Waals surface area contributed by atoms with Crippen LogP contribution >= 0.6 is 0 Å². The second kappa shape index (κ2) is 6.11. The van der Waals surface area contributed by atoms with Crippen molar-refractivity contribution in [1.29, 1.82) is 0 Å². The van der Waals surface area contributed by atoms with Crippen molar-refractivity contribution >= 4 is 10.9 Å². The van der Waals surface area contributed by atoms with E-state index in [0.29, 0.717) is 0 Å². The summed E-state index contributed by atoms with van der Waals surface area (Å²) in [7, 11) is 0. The predicted octanol–water partition coefficient (Wildman–Crippen LogP) is 5.67. The zero-order valence-corrected chi connectivity index (χ0v) is 12.9. The van der Waals surface area contributed by atoms with Crippen LogP contribution in [0.4, 0.5) is 13.2 Å². The molecule has 1 nitrogen and oxygen atoms in total. The summed E-state index contributed by atoms with van der Waals surface area (Å²) < 4.78 is 37.6. The molecule has 0 aliphatic heterocycles. The van der Waals surface area contributed by atoms with E-state index in [9.17, 15) is 13.2 Å². The maximum Gasteiger partial charge on any atom is 0.416 e. The Bertz CT molecular complexity index is 798. The van der Waals surface area contributed by atoms with E-state index >= 15 is 0 Å². The summed E-state index contributed by atoms with van der Waals surface area (Å²) in [6.45, 7) is 2.06. The molecule has 1 N–H and O–H groups in total. The van der Waals surface area contributed by atoms with E-state index in [4.69, 9.17) is 0 Å². The average molecular weight is 317 g/mol. The van der Waals surface area contributed by atoms with Gasteiger partial charge in [0.15, 0.2) is 0 Å². The van der Waals surface area contributed by atoms with Crippen molar-refractivity contribution in [2.45, 2.75) is 32.4 Å². The third kappa shape index (κ3) is 3.41. The first-order chi connectivity index (χ1) is 10.9. The van der Waals surface area contributed by atoms with E-state index in [0.717, 1.165) is 42.5 Å². The molecule has 120 valence electrons. The Morgan fingerprint density at radius 2 is 1.61 bits per heavy atom. The molecule has 0 aliphatic carbocycles. The first kappa shape index (κ1) is 15.7. The highest BCUT2D eigenvalue weighted by Gasteiger charge is 2.29. The SMILES string of the molecule is Cc1[nH]c2ccccc2c1CCCc1ccc(C(F)(F)F)cc1. The molecule has 0 amide bonds. The standard InChI is InChI=1S/C19H18F3N/c1-13-16(17-6-2-3-8-18(17)23-13)7-4-5-14-9-11-15(12-10-14)19(20,21)22/h2-3,6,8-12,23H,4-5,7H2,1H3. The molecule has 0 unspecified atom stereocenters. The number of aryl methyl sites for hydroxylation is 3. The van der Waals surface area contributed by atoms with Gasteiger partial charge >= 0.3 is 6.18 Å². The second-order valence-electron chi connectivity index (χ2n) is 5.82.